The SMILES string of the molecule is Cc1ncccc1-c1nnc(NC(C)C)s1. The number of hydrogen-bond donors (Lipinski definition) is 1. The van der Waals surface area contributed by atoms with E-state index < -0.39 is 0 Å². The van der Waals surface area contributed by atoms with Crippen molar-refractivity contribution >= 4 is 16.5 Å². The molecule has 0 aliphatic rings. The van der Waals surface area contributed by atoms with Gasteiger partial charge in [-0.1, -0.05) is 11.3 Å². The molecule has 16 heavy (non-hydrogen) atoms. The summed E-state index contributed by atoms with van der Waals surface area (Å²) in [7, 11) is 0. The molecule has 5 heteroatoms. The van der Waals surface area contributed by atoms with Crippen molar-refractivity contribution in [2.24, 2.45) is 0 Å². The summed E-state index contributed by atoms with van der Waals surface area (Å²) in [5.41, 5.74) is 2.03. The van der Waals surface area contributed by atoms with E-state index >= 15 is 0 Å². The van der Waals surface area contributed by atoms with Crippen LogP contribution >= 0.6 is 11.3 Å². The normalized spacial score (nSPS) is 10.8. The van der Waals surface area contributed by atoms with Gasteiger partial charge in [0.25, 0.3) is 0 Å². The van der Waals surface area contributed by atoms with E-state index in [0.29, 0.717) is 6.04 Å². The van der Waals surface area contributed by atoms with Crippen molar-refractivity contribution in [1.29, 1.82) is 0 Å². The van der Waals surface area contributed by atoms with E-state index in [1.165, 1.54) is 0 Å². The van der Waals surface area contributed by atoms with Crippen LogP contribution in [0.15, 0.2) is 18.3 Å². The number of rotatable bonds is 3. The fourth-order valence-electron chi connectivity index (χ4n) is 1.35. The highest BCUT2D eigenvalue weighted by Gasteiger charge is 2.09. The highest BCUT2D eigenvalue weighted by atomic mass is 32.1. The first-order valence-electron chi connectivity index (χ1n) is 5.19. The van der Waals surface area contributed by atoms with Gasteiger partial charge in [-0.3, -0.25) is 4.98 Å². The quantitative estimate of drug-likeness (QED) is 0.887. The number of nitrogens with one attached hydrogen (secondary N) is 1. The summed E-state index contributed by atoms with van der Waals surface area (Å²) in [6.45, 7) is 6.14. The molecule has 2 heterocycles. The molecule has 0 atom stereocenters. The van der Waals surface area contributed by atoms with E-state index in [-0.39, 0.29) is 0 Å². The number of pyridine rings is 1. The van der Waals surface area contributed by atoms with E-state index in [0.717, 1.165) is 21.4 Å². The molecule has 2 aromatic rings. The summed E-state index contributed by atoms with van der Waals surface area (Å²) in [6, 6.07) is 4.30. The summed E-state index contributed by atoms with van der Waals surface area (Å²) < 4.78 is 0. The van der Waals surface area contributed by atoms with Crippen LogP contribution in [0.4, 0.5) is 5.13 Å². The predicted octanol–water partition coefficient (Wildman–Crippen LogP) is 2.73. The second-order valence-corrected chi connectivity index (χ2v) is 4.83. The van der Waals surface area contributed by atoms with Crippen LogP contribution in [0.1, 0.15) is 19.5 Å². The molecular weight excluding hydrogens is 220 g/mol. The lowest BCUT2D eigenvalue weighted by atomic mass is 10.2. The van der Waals surface area contributed by atoms with E-state index in [1.807, 2.05) is 19.1 Å². The molecule has 0 radical (unpaired) electrons. The van der Waals surface area contributed by atoms with E-state index in [4.69, 9.17) is 0 Å². The Hall–Kier alpha value is -1.49. The van der Waals surface area contributed by atoms with Crippen LogP contribution < -0.4 is 5.32 Å². The van der Waals surface area contributed by atoms with Gasteiger partial charge in [0.05, 0.1) is 0 Å². The molecular formula is C11H14N4S. The summed E-state index contributed by atoms with van der Waals surface area (Å²) in [6.07, 6.45) is 1.78. The van der Waals surface area contributed by atoms with Gasteiger partial charge in [0, 0.05) is 23.5 Å². The lowest BCUT2D eigenvalue weighted by molar-refractivity contribution is 0.888. The zero-order chi connectivity index (χ0) is 11.5. The number of anilines is 1. The van der Waals surface area contributed by atoms with E-state index in [1.54, 1.807) is 17.5 Å². The third-order valence-corrected chi connectivity index (χ3v) is 2.96. The van der Waals surface area contributed by atoms with Crippen LogP contribution in [0.2, 0.25) is 0 Å². The fraction of sp³-hybridized carbons (Fsp3) is 0.364. The maximum absolute atomic E-state index is 4.24. The van der Waals surface area contributed by atoms with Crippen molar-refractivity contribution < 1.29 is 0 Å². The molecule has 0 saturated heterocycles. The zero-order valence-electron chi connectivity index (χ0n) is 9.56. The molecule has 1 N–H and O–H groups in total. The largest absolute Gasteiger partial charge is 0.358 e. The summed E-state index contributed by atoms with van der Waals surface area (Å²) in [5, 5.41) is 13.3. The Labute approximate surface area is 98.8 Å². The second kappa shape index (κ2) is 4.57. The summed E-state index contributed by atoms with van der Waals surface area (Å²) in [5.74, 6) is 0. The Kier molecular flexibility index (Phi) is 3.14. The summed E-state index contributed by atoms with van der Waals surface area (Å²) in [4.78, 5) is 4.24. The van der Waals surface area contributed by atoms with Gasteiger partial charge in [0.2, 0.25) is 5.13 Å². The minimum absolute atomic E-state index is 0.371. The Bertz CT molecular complexity index is 478. The monoisotopic (exact) mass is 234 g/mol. The van der Waals surface area contributed by atoms with E-state index in [2.05, 4.69) is 34.3 Å². The van der Waals surface area contributed by atoms with Gasteiger partial charge >= 0.3 is 0 Å². The molecule has 0 saturated carbocycles. The molecule has 0 bridgehead atoms. The smallest absolute Gasteiger partial charge is 0.206 e. The van der Waals surface area contributed by atoms with Gasteiger partial charge in [-0.05, 0) is 32.9 Å². The maximum Gasteiger partial charge on any atom is 0.206 e. The number of aryl methyl sites for hydroxylation is 1. The first kappa shape index (κ1) is 11.0. The molecule has 0 unspecified atom stereocenters. The lowest BCUT2D eigenvalue weighted by Gasteiger charge is -2.03. The van der Waals surface area contributed by atoms with Crippen molar-refractivity contribution in [3.63, 3.8) is 0 Å². The van der Waals surface area contributed by atoms with Crippen molar-refractivity contribution in [3.05, 3.63) is 24.0 Å². The van der Waals surface area contributed by atoms with Crippen molar-refractivity contribution in [1.82, 2.24) is 15.2 Å². The number of nitrogens with zero attached hydrogens (tertiary/aromatic N) is 3. The van der Waals surface area contributed by atoms with Crippen LogP contribution in [0.5, 0.6) is 0 Å². The average molecular weight is 234 g/mol. The maximum atomic E-state index is 4.24. The highest BCUT2D eigenvalue weighted by Crippen LogP contribution is 2.27. The Morgan fingerprint density at radius 2 is 2.12 bits per heavy atom. The van der Waals surface area contributed by atoms with Gasteiger partial charge in [-0.2, -0.15) is 0 Å². The zero-order valence-corrected chi connectivity index (χ0v) is 10.4. The van der Waals surface area contributed by atoms with Gasteiger partial charge < -0.3 is 5.32 Å². The standard InChI is InChI=1S/C11H14N4S/c1-7(2)13-11-15-14-10(16-11)9-5-4-6-12-8(9)3/h4-7H,1-3H3,(H,13,15). The summed E-state index contributed by atoms with van der Waals surface area (Å²) >= 11 is 1.56. The minimum Gasteiger partial charge on any atom is -0.358 e. The Morgan fingerprint density at radius 1 is 1.31 bits per heavy atom. The minimum atomic E-state index is 0.371. The second-order valence-electron chi connectivity index (χ2n) is 3.85. The Balaban J connectivity index is 2.28. The number of hydrogen-bond acceptors (Lipinski definition) is 5. The lowest BCUT2D eigenvalue weighted by Crippen LogP contribution is -2.08. The first-order valence-corrected chi connectivity index (χ1v) is 6.00. The third kappa shape index (κ3) is 2.36. The molecule has 2 aromatic heterocycles. The molecule has 2 rings (SSSR count). The molecule has 0 spiro atoms. The average Bonchev–Trinajstić information content (AvgIpc) is 2.66. The van der Waals surface area contributed by atoms with Crippen molar-refractivity contribution in [2.45, 2.75) is 26.8 Å². The van der Waals surface area contributed by atoms with Crippen LogP contribution in [0, 0.1) is 6.92 Å². The Morgan fingerprint density at radius 3 is 2.81 bits per heavy atom. The molecule has 4 nitrogen and oxygen atoms in total. The highest BCUT2D eigenvalue weighted by molar-refractivity contribution is 7.18. The van der Waals surface area contributed by atoms with Gasteiger partial charge in [0.15, 0.2) is 5.01 Å². The van der Waals surface area contributed by atoms with E-state index in [9.17, 15) is 0 Å². The van der Waals surface area contributed by atoms with Crippen molar-refractivity contribution in [2.75, 3.05) is 5.32 Å². The van der Waals surface area contributed by atoms with Crippen LogP contribution in [-0.2, 0) is 0 Å². The third-order valence-electron chi connectivity index (χ3n) is 2.07. The number of aromatic nitrogens is 3. The molecule has 0 aliphatic heterocycles. The van der Waals surface area contributed by atoms with Gasteiger partial charge in [-0.25, -0.2) is 0 Å². The first-order chi connectivity index (χ1) is 7.66. The van der Waals surface area contributed by atoms with Gasteiger partial charge in [-0.15, -0.1) is 10.2 Å². The predicted molar refractivity (Wildman–Crippen MR) is 66.6 cm³/mol. The molecule has 0 fully saturated rings. The molecule has 84 valence electrons. The molecule has 0 aliphatic carbocycles. The van der Waals surface area contributed by atoms with Crippen LogP contribution in [0.25, 0.3) is 10.6 Å². The van der Waals surface area contributed by atoms with Crippen LogP contribution in [0.3, 0.4) is 0 Å². The fourth-order valence-corrected chi connectivity index (χ4v) is 2.31. The molecule has 0 aromatic carbocycles. The van der Waals surface area contributed by atoms with Gasteiger partial charge in [0.1, 0.15) is 0 Å². The topological polar surface area (TPSA) is 50.7 Å². The van der Waals surface area contributed by atoms with Crippen LogP contribution in [-0.4, -0.2) is 21.2 Å². The van der Waals surface area contributed by atoms with Crippen molar-refractivity contribution in [3.8, 4) is 10.6 Å². The molecule has 0 amide bonds.